The summed E-state index contributed by atoms with van der Waals surface area (Å²) >= 11 is 0. The minimum Gasteiger partial charge on any atom is -0.200 e. The molecule has 4 rings (SSSR count). The summed E-state index contributed by atoms with van der Waals surface area (Å²) < 4.78 is 2.34. The number of fused-ring (bicyclic) bond motifs is 1. The van der Waals surface area contributed by atoms with Gasteiger partial charge in [-0.1, -0.05) is 88.5 Å². The second-order valence-corrected chi connectivity index (χ2v) is 16.0. The number of aromatic nitrogens is 1. The lowest BCUT2D eigenvalue weighted by atomic mass is 9.82. The fraction of sp³-hybridized carbons (Fsp3) is 0.500. The quantitative estimate of drug-likeness (QED) is 0.270. The minimum atomic E-state index is -1.47. The average Bonchev–Trinajstić information content (AvgIpc) is 2.81. The Morgan fingerprint density at radius 2 is 1.66 bits per heavy atom. The van der Waals surface area contributed by atoms with E-state index in [-0.39, 0.29) is 0 Å². The zero-order valence-electron chi connectivity index (χ0n) is 21.2. The summed E-state index contributed by atoms with van der Waals surface area (Å²) in [6.45, 7) is 12.0. The molecule has 1 aliphatic rings. The van der Waals surface area contributed by atoms with Crippen LogP contribution in [0.2, 0.25) is 17.6 Å². The molecular formula is C30H42NSi+. The van der Waals surface area contributed by atoms with E-state index in [1.807, 2.05) is 0 Å². The minimum absolute atomic E-state index is 0.738. The zero-order chi connectivity index (χ0) is 22.9. The van der Waals surface area contributed by atoms with Gasteiger partial charge in [0.2, 0.25) is 5.69 Å². The molecule has 0 radical (unpaired) electrons. The molecule has 1 aromatic heterocycles. The van der Waals surface area contributed by atoms with Crippen LogP contribution in [0.15, 0.2) is 48.7 Å². The zero-order valence-corrected chi connectivity index (χ0v) is 22.2. The highest BCUT2D eigenvalue weighted by Gasteiger charge is 2.35. The Morgan fingerprint density at radius 1 is 0.938 bits per heavy atom. The monoisotopic (exact) mass is 444 g/mol. The molecule has 0 atom stereocenters. The van der Waals surface area contributed by atoms with Crippen molar-refractivity contribution in [3.8, 4) is 11.3 Å². The predicted molar refractivity (Wildman–Crippen MR) is 143 cm³/mol. The molecule has 0 aliphatic heterocycles. The number of hydrogen-bond donors (Lipinski definition) is 0. The van der Waals surface area contributed by atoms with E-state index >= 15 is 0 Å². The van der Waals surface area contributed by atoms with Gasteiger partial charge in [0, 0.05) is 11.6 Å². The van der Waals surface area contributed by atoms with E-state index in [2.05, 4.69) is 94.9 Å². The summed E-state index contributed by atoms with van der Waals surface area (Å²) in [6.07, 6.45) is 9.15. The maximum atomic E-state index is 2.54. The molecule has 0 bridgehead atoms. The van der Waals surface area contributed by atoms with Crippen LogP contribution in [-0.2, 0) is 7.05 Å². The first-order valence-electron chi connectivity index (χ1n) is 12.9. The molecule has 0 N–H and O–H groups in total. The van der Waals surface area contributed by atoms with Crippen molar-refractivity contribution in [2.45, 2.75) is 90.3 Å². The molecule has 170 valence electrons. The maximum absolute atomic E-state index is 2.54. The van der Waals surface area contributed by atoms with E-state index < -0.39 is 8.07 Å². The lowest BCUT2D eigenvalue weighted by molar-refractivity contribution is -0.659. The van der Waals surface area contributed by atoms with Crippen molar-refractivity contribution in [1.82, 2.24) is 0 Å². The topological polar surface area (TPSA) is 3.88 Å². The van der Waals surface area contributed by atoms with Gasteiger partial charge < -0.3 is 0 Å². The van der Waals surface area contributed by atoms with Gasteiger partial charge in [-0.05, 0) is 59.9 Å². The first-order valence-corrected chi connectivity index (χ1v) is 15.4. The van der Waals surface area contributed by atoms with Crippen molar-refractivity contribution < 1.29 is 4.57 Å². The maximum Gasteiger partial charge on any atom is 0.220 e. The van der Waals surface area contributed by atoms with Gasteiger partial charge in [-0.3, -0.25) is 0 Å². The van der Waals surface area contributed by atoms with Gasteiger partial charge in [0.05, 0.1) is 13.5 Å². The third-order valence-corrected chi connectivity index (χ3v) is 14.9. The summed E-state index contributed by atoms with van der Waals surface area (Å²) in [4.78, 5) is 0. The second-order valence-electron chi connectivity index (χ2n) is 10.5. The van der Waals surface area contributed by atoms with Crippen LogP contribution in [0.3, 0.4) is 0 Å². The summed E-state index contributed by atoms with van der Waals surface area (Å²) in [6, 6.07) is 19.7. The first kappa shape index (κ1) is 23.2. The summed E-state index contributed by atoms with van der Waals surface area (Å²) in [5.41, 5.74) is 6.47. The van der Waals surface area contributed by atoms with Gasteiger partial charge >= 0.3 is 0 Å². The van der Waals surface area contributed by atoms with Gasteiger partial charge in [0.1, 0.15) is 7.05 Å². The van der Waals surface area contributed by atoms with E-state index in [9.17, 15) is 0 Å². The molecule has 1 aliphatic carbocycles. The number of rotatable bonds is 6. The van der Waals surface area contributed by atoms with Crippen LogP contribution >= 0.6 is 0 Å². The van der Waals surface area contributed by atoms with Crippen molar-refractivity contribution in [1.29, 1.82) is 0 Å². The summed E-state index contributed by atoms with van der Waals surface area (Å²) in [5.74, 6) is 0.738. The smallest absolute Gasteiger partial charge is 0.200 e. The highest BCUT2D eigenvalue weighted by atomic mass is 28.3. The molecule has 0 unspecified atom stereocenters. The Labute approximate surface area is 196 Å². The van der Waals surface area contributed by atoms with E-state index in [0.29, 0.717) is 0 Å². The molecule has 1 fully saturated rings. The molecule has 1 saturated carbocycles. The van der Waals surface area contributed by atoms with Crippen molar-refractivity contribution in [3.05, 3.63) is 59.8 Å². The van der Waals surface area contributed by atoms with E-state index in [4.69, 9.17) is 0 Å². The Balaban J connectivity index is 1.86. The lowest BCUT2D eigenvalue weighted by Gasteiger charge is -2.34. The van der Waals surface area contributed by atoms with Crippen LogP contribution < -0.4 is 9.75 Å². The molecule has 0 saturated heterocycles. The highest BCUT2D eigenvalue weighted by molar-refractivity contribution is 6.92. The fourth-order valence-electron chi connectivity index (χ4n) is 6.41. The van der Waals surface area contributed by atoms with E-state index in [0.717, 1.165) is 11.5 Å². The van der Waals surface area contributed by atoms with Crippen molar-refractivity contribution in [2.75, 3.05) is 0 Å². The van der Waals surface area contributed by atoms with Crippen LogP contribution in [0.4, 0.5) is 0 Å². The molecule has 2 aromatic carbocycles. The van der Waals surface area contributed by atoms with E-state index in [1.165, 1.54) is 71.8 Å². The fourth-order valence-corrected chi connectivity index (χ4v) is 10.9. The van der Waals surface area contributed by atoms with Crippen molar-refractivity contribution >= 4 is 24.0 Å². The van der Waals surface area contributed by atoms with Gasteiger partial charge in [0.15, 0.2) is 6.20 Å². The van der Waals surface area contributed by atoms with Gasteiger partial charge in [-0.2, -0.15) is 0 Å². The molecule has 1 nitrogen and oxygen atoms in total. The predicted octanol–water partition coefficient (Wildman–Crippen LogP) is 7.79. The normalized spacial score (nSPS) is 15.6. The highest BCUT2D eigenvalue weighted by Crippen LogP contribution is 2.37. The van der Waals surface area contributed by atoms with E-state index in [1.54, 1.807) is 10.8 Å². The Morgan fingerprint density at radius 3 is 2.31 bits per heavy atom. The second kappa shape index (κ2) is 9.51. The van der Waals surface area contributed by atoms with Crippen LogP contribution in [0.5, 0.6) is 0 Å². The molecule has 0 spiro atoms. The molecular weight excluding hydrogens is 402 g/mol. The molecule has 32 heavy (non-hydrogen) atoms. The van der Waals surface area contributed by atoms with Crippen molar-refractivity contribution in [2.24, 2.45) is 7.05 Å². The van der Waals surface area contributed by atoms with Crippen molar-refractivity contribution in [3.63, 3.8) is 0 Å². The SMILES string of the molecule is CC[Si](CC)(c1ccc2c(-c3cc(C4CCCCC4)ccc3C)[n+](C)ccc2c1)C(C)C. The average molecular weight is 445 g/mol. The molecule has 0 amide bonds. The number of aryl methyl sites for hydroxylation is 2. The summed E-state index contributed by atoms with van der Waals surface area (Å²) in [5, 5.41) is 4.43. The third kappa shape index (κ3) is 4.07. The summed E-state index contributed by atoms with van der Waals surface area (Å²) in [7, 11) is 0.735. The van der Waals surface area contributed by atoms with Crippen LogP contribution in [-0.4, -0.2) is 8.07 Å². The Hall–Kier alpha value is -1.93. The van der Waals surface area contributed by atoms with Crippen LogP contribution in [0.25, 0.3) is 22.0 Å². The number of benzene rings is 2. The van der Waals surface area contributed by atoms with Gasteiger partial charge in [-0.15, -0.1) is 0 Å². The molecule has 2 heteroatoms. The molecule has 1 heterocycles. The number of hydrogen-bond acceptors (Lipinski definition) is 0. The molecule has 3 aromatic rings. The Kier molecular flexibility index (Phi) is 6.90. The Bertz CT molecular complexity index is 1090. The van der Waals surface area contributed by atoms with Crippen LogP contribution in [0.1, 0.15) is 76.8 Å². The van der Waals surface area contributed by atoms with Crippen LogP contribution in [0, 0.1) is 6.92 Å². The lowest BCUT2D eigenvalue weighted by Crippen LogP contribution is -2.49. The standard InChI is InChI=1S/C30H42NSi/c1-7-32(8-2,22(3)4)27-16-17-28-26(20-27)18-19-31(6)30(28)29-21-25(15-14-23(29)5)24-12-10-9-11-13-24/h14-22,24H,7-13H2,1-6H3/q+1. The number of nitrogens with zero attached hydrogens (tertiary/aromatic N) is 1. The largest absolute Gasteiger partial charge is 0.220 e. The van der Waals surface area contributed by atoms with Gasteiger partial charge in [-0.25, -0.2) is 4.57 Å². The third-order valence-electron chi connectivity index (χ3n) is 8.67. The van der Waals surface area contributed by atoms with Gasteiger partial charge in [0.25, 0.3) is 0 Å². The first-order chi connectivity index (χ1) is 15.4. The number of pyridine rings is 1.